The van der Waals surface area contributed by atoms with E-state index in [2.05, 4.69) is 10.1 Å². The minimum absolute atomic E-state index is 0.0178. The van der Waals surface area contributed by atoms with Gasteiger partial charge in [0, 0.05) is 6.54 Å². The molecule has 2 aromatic carbocycles. The number of hydrogen-bond acceptors (Lipinski definition) is 7. The Bertz CT molecular complexity index is 1340. The average molecular weight is 439 g/mol. The van der Waals surface area contributed by atoms with E-state index in [1.807, 2.05) is 0 Å². The van der Waals surface area contributed by atoms with Crippen LogP contribution in [0.25, 0.3) is 10.9 Å². The highest BCUT2D eigenvalue weighted by Gasteiger charge is 2.19. The van der Waals surface area contributed by atoms with E-state index < -0.39 is 35.6 Å². The molecule has 32 heavy (non-hydrogen) atoms. The Kier molecular flexibility index (Phi) is 6.53. The molecule has 0 radical (unpaired) electrons. The summed E-state index contributed by atoms with van der Waals surface area (Å²) < 4.78 is 11.6. The van der Waals surface area contributed by atoms with Crippen molar-refractivity contribution in [1.29, 1.82) is 0 Å². The van der Waals surface area contributed by atoms with Gasteiger partial charge in [-0.1, -0.05) is 12.1 Å². The minimum atomic E-state index is -0.723. The molecule has 0 aliphatic rings. The highest BCUT2D eigenvalue weighted by molar-refractivity contribution is 6.03. The Morgan fingerprint density at radius 1 is 0.938 bits per heavy atom. The molecule has 1 amide bonds. The summed E-state index contributed by atoms with van der Waals surface area (Å²) in [6.07, 6.45) is 0. The molecule has 10 nitrogen and oxygen atoms in total. The third-order valence-electron chi connectivity index (χ3n) is 4.87. The molecule has 1 N–H and O–H groups in total. The van der Waals surface area contributed by atoms with Crippen LogP contribution in [0.15, 0.2) is 52.1 Å². The number of rotatable bonds is 6. The predicted octanol–water partition coefficient (Wildman–Crippen LogP) is 1.39. The lowest BCUT2D eigenvalue weighted by molar-refractivity contribution is -0.116. The number of carbonyl (C=O) groups excluding carboxylic acids is 3. The largest absolute Gasteiger partial charge is 0.465 e. The van der Waals surface area contributed by atoms with Gasteiger partial charge in [0.2, 0.25) is 5.91 Å². The highest BCUT2D eigenvalue weighted by Crippen LogP contribution is 2.20. The zero-order valence-corrected chi connectivity index (χ0v) is 17.7. The maximum Gasteiger partial charge on any atom is 0.339 e. The van der Waals surface area contributed by atoms with Gasteiger partial charge in [-0.2, -0.15) is 0 Å². The molecule has 1 heterocycles. The minimum Gasteiger partial charge on any atom is -0.465 e. The van der Waals surface area contributed by atoms with Gasteiger partial charge in [-0.3, -0.25) is 18.7 Å². The number of amides is 1. The number of hydrogen-bond donors (Lipinski definition) is 1. The molecule has 0 aliphatic carbocycles. The zero-order chi connectivity index (χ0) is 23.4. The predicted molar refractivity (Wildman–Crippen MR) is 116 cm³/mol. The van der Waals surface area contributed by atoms with Crippen LogP contribution in [-0.2, 0) is 27.4 Å². The van der Waals surface area contributed by atoms with Crippen LogP contribution >= 0.6 is 0 Å². The van der Waals surface area contributed by atoms with E-state index in [1.54, 1.807) is 31.2 Å². The van der Waals surface area contributed by atoms with E-state index in [4.69, 9.17) is 4.74 Å². The lowest BCUT2D eigenvalue weighted by Gasteiger charge is -2.15. The number of carbonyl (C=O) groups is 3. The molecule has 0 aliphatic heterocycles. The third-order valence-corrected chi connectivity index (χ3v) is 4.87. The maximum absolute atomic E-state index is 12.8. The van der Waals surface area contributed by atoms with Gasteiger partial charge in [-0.15, -0.1) is 0 Å². The van der Waals surface area contributed by atoms with Crippen LogP contribution in [0.3, 0.4) is 0 Å². The van der Waals surface area contributed by atoms with E-state index in [9.17, 15) is 24.0 Å². The molecule has 166 valence electrons. The van der Waals surface area contributed by atoms with E-state index >= 15 is 0 Å². The van der Waals surface area contributed by atoms with Gasteiger partial charge >= 0.3 is 17.6 Å². The van der Waals surface area contributed by atoms with Crippen molar-refractivity contribution in [1.82, 2.24) is 9.13 Å². The van der Waals surface area contributed by atoms with Crippen LogP contribution in [-0.4, -0.2) is 41.2 Å². The molecular weight excluding hydrogens is 418 g/mol. The van der Waals surface area contributed by atoms with Crippen molar-refractivity contribution >= 4 is 34.4 Å². The smallest absolute Gasteiger partial charge is 0.339 e. The molecule has 0 unspecified atom stereocenters. The van der Waals surface area contributed by atoms with Crippen molar-refractivity contribution < 1.29 is 23.9 Å². The molecule has 0 saturated carbocycles. The van der Waals surface area contributed by atoms with Crippen LogP contribution in [0, 0.1) is 0 Å². The Balaban J connectivity index is 2.04. The van der Waals surface area contributed by atoms with Gasteiger partial charge in [0.05, 0.1) is 41.9 Å². The topological polar surface area (TPSA) is 126 Å². The zero-order valence-electron chi connectivity index (χ0n) is 17.7. The summed E-state index contributed by atoms with van der Waals surface area (Å²) in [5, 5.41) is 2.84. The Labute approximate surface area is 182 Å². The summed E-state index contributed by atoms with van der Waals surface area (Å²) in [5.41, 5.74) is -0.627. The quantitative estimate of drug-likeness (QED) is 0.575. The van der Waals surface area contributed by atoms with Crippen LogP contribution in [0.2, 0.25) is 0 Å². The van der Waals surface area contributed by atoms with Crippen molar-refractivity contribution in [2.75, 3.05) is 19.5 Å². The number of ether oxygens (including phenoxy) is 2. The first-order chi connectivity index (χ1) is 15.3. The number of para-hydroxylation sites is 1. The van der Waals surface area contributed by atoms with Crippen molar-refractivity contribution in [3.8, 4) is 0 Å². The first-order valence-corrected chi connectivity index (χ1v) is 9.65. The van der Waals surface area contributed by atoms with Crippen LogP contribution in [0.5, 0.6) is 0 Å². The first kappa shape index (κ1) is 22.5. The third kappa shape index (κ3) is 4.15. The molecule has 0 spiro atoms. The summed E-state index contributed by atoms with van der Waals surface area (Å²) in [6.45, 7) is 1.36. The molecule has 0 bridgehead atoms. The standard InChI is InChI=1S/C22H21N3O7/c1-4-24-19(27)15-7-5-6-8-17(15)25(22(24)30)12-18(26)23-16-11-13(20(28)31-2)9-10-14(16)21(29)32-3/h5-11H,4,12H2,1-3H3,(H,23,26). The second-order valence-electron chi connectivity index (χ2n) is 6.73. The van der Waals surface area contributed by atoms with Crippen molar-refractivity contribution in [2.45, 2.75) is 20.0 Å². The fourth-order valence-electron chi connectivity index (χ4n) is 3.32. The highest BCUT2D eigenvalue weighted by atomic mass is 16.5. The Morgan fingerprint density at radius 3 is 2.28 bits per heavy atom. The SMILES string of the molecule is CCn1c(=O)c2ccccc2n(CC(=O)Nc2cc(C(=O)OC)ccc2C(=O)OC)c1=O. The molecule has 0 atom stereocenters. The van der Waals surface area contributed by atoms with E-state index in [-0.39, 0.29) is 23.4 Å². The number of aromatic nitrogens is 2. The van der Waals surface area contributed by atoms with Gasteiger partial charge in [-0.05, 0) is 37.3 Å². The Morgan fingerprint density at radius 2 is 1.62 bits per heavy atom. The van der Waals surface area contributed by atoms with Gasteiger partial charge in [0.1, 0.15) is 6.54 Å². The number of esters is 2. The van der Waals surface area contributed by atoms with E-state index in [0.29, 0.717) is 10.9 Å². The lowest BCUT2D eigenvalue weighted by Crippen LogP contribution is -2.41. The van der Waals surface area contributed by atoms with Gasteiger partial charge in [0.25, 0.3) is 5.56 Å². The van der Waals surface area contributed by atoms with Gasteiger partial charge < -0.3 is 14.8 Å². The number of benzene rings is 2. The van der Waals surface area contributed by atoms with Gasteiger partial charge in [0.15, 0.2) is 0 Å². The second kappa shape index (κ2) is 9.29. The van der Waals surface area contributed by atoms with Gasteiger partial charge in [-0.25, -0.2) is 14.4 Å². The lowest BCUT2D eigenvalue weighted by atomic mass is 10.1. The monoisotopic (exact) mass is 439 g/mol. The van der Waals surface area contributed by atoms with Crippen molar-refractivity contribution in [3.63, 3.8) is 0 Å². The molecule has 10 heteroatoms. The summed E-state index contributed by atoms with van der Waals surface area (Å²) in [5.74, 6) is -2.03. The average Bonchev–Trinajstić information content (AvgIpc) is 2.81. The van der Waals surface area contributed by atoms with Crippen LogP contribution in [0.1, 0.15) is 27.6 Å². The van der Waals surface area contributed by atoms with Crippen LogP contribution in [0.4, 0.5) is 5.69 Å². The summed E-state index contributed by atoms with van der Waals surface area (Å²) >= 11 is 0. The number of nitrogens with one attached hydrogen (secondary N) is 1. The van der Waals surface area contributed by atoms with Crippen molar-refractivity contribution in [3.05, 3.63) is 74.4 Å². The summed E-state index contributed by atoms with van der Waals surface area (Å²) in [6, 6.07) is 10.4. The second-order valence-corrected chi connectivity index (χ2v) is 6.73. The Hall–Kier alpha value is -4.21. The number of anilines is 1. The normalized spacial score (nSPS) is 10.6. The number of fused-ring (bicyclic) bond motifs is 1. The summed E-state index contributed by atoms with van der Waals surface area (Å²) in [4.78, 5) is 62.2. The first-order valence-electron chi connectivity index (χ1n) is 9.65. The molecule has 0 fully saturated rings. The fraction of sp³-hybridized carbons (Fsp3) is 0.227. The molecule has 3 rings (SSSR count). The van der Waals surface area contributed by atoms with Crippen LogP contribution < -0.4 is 16.6 Å². The fourth-order valence-corrected chi connectivity index (χ4v) is 3.32. The number of nitrogens with zero attached hydrogens (tertiary/aromatic N) is 2. The summed E-state index contributed by atoms with van der Waals surface area (Å²) in [7, 11) is 2.39. The molecule has 1 aromatic heterocycles. The van der Waals surface area contributed by atoms with E-state index in [0.717, 1.165) is 4.57 Å². The molecule has 3 aromatic rings. The molecule has 0 saturated heterocycles. The van der Waals surface area contributed by atoms with E-state index in [1.165, 1.54) is 37.0 Å². The maximum atomic E-state index is 12.8. The number of methoxy groups -OCH3 is 2. The van der Waals surface area contributed by atoms with Crippen molar-refractivity contribution in [2.24, 2.45) is 0 Å². The molecular formula is C22H21N3O7.